The van der Waals surface area contributed by atoms with E-state index in [0.717, 1.165) is 57.0 Å². The highest BCUT2D eigenvalue weighted by atomic mass is 16.5. The first-order chi connectivity index (χ1) is 14.8. The van der Waals surface area contributed by atoms with Crippen LogP contribution in [0.4, 0.5) is 0 Å². The lowest BCUT2D eigenvalue weighted by atomic mass is 9.72. The van der Waals surface area contributed by atoms with Crippen molar-refractivity contribution in [3.8, 4) is 5.75 Å². The number of hydrogen-bond acceptors (Lipinski definition) is 3. The van der Waals surface area contributed by atoms with E-state index in [4.69, 9.17) is 4.74 Å². The molecule has 0 aromatic heterocycles. The van der Waals surface area contributed by atoms with Crippen LogP contribution in [-0.2, 0) is 11.3 Å². The second-order valence-electron chi connectivity index (χ2n) is 10.6. The predicted molar refractivity (Wildman–Crippen MR) is 125 cm³/mol. The molecule has 0 bridgehead atoms. The largest absolute Gasteiger partial charge is 0.490 e. The summed E-state index contributed by atoms with van der Waals surface area (Å²) in [6.07, 6.45) is 6.62. The third-order valence-electron chi connectivity index (χ3n) is 7.47. The maximum absolute atomic E-state index is 11.2. The highest BCUT2D eigenvalue weighted by Crippen LogP contribution is 2.39. The quantitative estimate of drug-likeness (QED) is 0.629. The third-order valence-corrected chi connectivity index (χ3v) is 7.47. The van der Waals surface area contributed by atoms with E-state index in [1.807, 2.05) is 0 Å². The molecule has 2 aromatic rings. The van der Waals surface area contributed by atoms with Gasteiger partial charge in [-0.2, -0.15) is 0 Å². The van der Waals surface area contributed by atoms with Gasteiger partial charge in [0.05, 0.1) is 12.0 Å². The minimum absolute atomic E-state index is 0.179. The lowest BCUT2D eigenvalue weighted by Gasteiger charge is -2.37. The summed E-state index contributed by atoms with van der Waals surface area (Å²) < 4.78 is 6.38. The Kier molecular flexibility index (Phi) is 6.57. The molecule has 0 spiro atoms. The van der Waals surface area contributed by atoms with E-state index in [-0.39, 0.29) is 5.92 Å². The Balaban J connectivity index is 1.39. The first-order valence-corrected chi connectivity index (χ1v) is 11.9. The average molecular weight is 424 g/mol. The average Bonchev–Trinajstić information content (AvgIpc) is 2.74. The number of rotatable bonds is 5. The Labute approximate surface area is 186 Å². The predicted octanol–water partition coefficient (Wildman–Crippen LogP) is 6.12. The van der Waals surface area contributed by atoms with Gasteiger partial charge in [-0.3, -0.25) is 9.69 Å². The second kappa shape index (κ2) is 9.20. The Hall–Kier alpha value is -2.07. The number of carbonyl (C=O) groups is 1. The molecule has 2 fully saturated rings. The molecular weight excluding hydrogens is 386 g/mol. The maximum Gasteiger partial charge on any atom is 0.306 e. The second-order valence-corrected chi connectivity index (χ2v) is 10.6. The molecule has 0 radical (unpaired) electrons. The highest BCUT2D eigenvalue weighted by molar-refractivity contribution is 5.87. The lowest BCUT2D eigenvalue weighted by molar-refractivity contribution is -0.143. The zero-order chi connectivity index (χ0) is 22.0. The van der Waals surface area contributed by atoms with Crippen molar-refractivity contribution in [1.29, 1.82) is 0 Å². The van der Waals surface area contributed by atoms with E-state index >= 15 is 0 Å². The van der Waals surface area contributed by atoms with Crippen LogP contribution in [0.2, 0.25) is 0 Å². The Bertz CT molecular complexity index is 900. The van der Waals surface area contributed by atoms with Gasteiger partial charge in [0.1, 0.15) is 5.75 Å². The van der Waals surface area contributed by atoms with Gasteiger partial charge in [0.25, 0.3) is 0 Å². The summed E-state index contributed by atoms with van der Waals surface area (Å²) in [7, 11) is 0. The molecule has 31 heavy (non-hydrogen) atoms. The zero-order valence-corrected chi connectivity index (χ0v) is 19.3. The zero-order valence-electron chi connectivity index (χ0n) is 19.3. The third kappa shape index (κ3) is 5.41. The molecule has 1 saturated carbocycles. The van der Waals surface area contributed by atoms with Crippen LogP contribution >= 0.6 is 0 Å². The van der Waals surface area contributed by atoms with Crippen LogP contribution < -0.4 is 4.74 Å². The van der Waals surface area contributed by atoms with Crippen molar-refractivity contribution < 1.29 is 14.6 Å². The number of piperidine rings is 1. The Morgan fingerprint density at radius 3 is 2.39 bits per heavy atom. The van der Waals surface area contributed by atoms with E-state index in [1.54, 1.807) is 0 Å². The summed E-state index contributed by atoms with van der Waals surface area (Å²) in [5.41, 5.74) is 1.70. The van der Waals surface area contributed by atoms with Crippen molar-refractivity contribution in [2.75, 3.05) is 13.1 Å². The number of benzene rings is 2. The number of carboxylic acids is 1. The fraction of sp³-hybridized carbons (Fsp3) is 0.593. The molecule has 0 amide bonds. The number of nitrogens with zero attached hydrogens (tertiary/aromatic N) is 1. The Morgan fingerprint density at radius 2 is 1.74 bits per heavy atom. The fourth-order valence-corrected chi connectivity index (χ4v) is 5.36. The van der Waals surface area contributed by atoms with Crippen LogP contribution in [0.25, 0.3) is 10.8 Å². The van der Waals surface area contributed by atoms with Crippen LogP contribution in [0.3, 0.4) is 0 Å². The number of fused-ring (bicyclic) bond motifs is 1. The van der Waals surface area contributed by atoms with Gasteiger partial charge in [0.15, 0.2) is 0 Å². The van der Waals surface area contributed by atoms with E-state index in [1.165, 1.54) is 29.2 Å². The summed E-state index contributed by atoms with van der Waals surface area (Å²) in [5.74, 6) is 0.949. The lowest BCUT2D eigenvalue weighted by Crippen LogP contribution is -2.35. The minimum atomic E-state index is -0.649. The molecule has 4 heteroatoms. The first kappa shape index (κ1) is 22.1. The van der Waals surface area contributed by atoms with Crippen LogP contribution in [0, 0.1) is 17.3 Å². The normalized spacial score (nSPS) is 23.7. The van der Waals surface area contributed by atoms with Crippen molar-refractivity contribution in [1.82, 2.24) is 4.90 Å². The van der Waals surface area contributed by atoms with Gasteiger partial charge in [-0.25, -0.2) is 0 Å². The number of aliphatic carboxylic acids is 1. The van der Waals surface area contributed by atoms with Crippen molar-refractivity contribution in [2.45, 2.75) is 71.9 Å². The first-order valence-electron chi connectivity index (χ1n) is 11.9. The molecule has 168 valence electrons. The molecule has 1 saturated heterocycles. The maximum atomic E-state index is 11.2. The van der Waals surface area contributed by atoms with Crippen molar-refractivity contribution in [3.05, 3.63) is 42.0 Å². The highest BCUT2D eigenvalue weighted by Gasteiger charge is 2.30. The minimum Gasteiger partial charge on any atom is -0.490 e. The SMILES string of the molecule is CC(C)(C)[C@H]1CC[C@H](Oc2ccc3c(CN4CCC(C(=O)O)CC4)cccc3c2)CC1. The molecule has 1 aliphatic carbocycles. The van der Waals surface area contributed by atoms with Crippen LogP contribution in [0.15, 0.2) is 36.4 Å². The summed E-state index contributed by atoms with van der Waals surface area (Å²) in [4.78, 5) is 13.6. The van der Waals surface area contributed by atoms with E-state index in [0.29, 0.717) is 11.5 Å². The van der Waals surface area contributed by atoms with Gasteiger partial charge >= 0.3 is 5.97 Å². The molecule has 4 rings (SSSR count). The number of hydrogen-bond donors (Lipinski definition) is 1. The molecule has 1 heterocycles. The standard InChI is InChI=1S/C27H37NO3/c1-27(2,3)22-7-9-23(10-8-22)31-24-11-12-25-20(17-24)5-4-6-21(25)18-28-15-13-19(14-16-28)26(29)30/h4-6,11-12,17,19,22-23H,7-10,13-16,18H2,1-3H3,(H,29,30)/t22-,23-. The van der Waals surface area contributed by atoms with E-state index < -0.39 is 5.97 Å². The molecule has 1 aliphatic heterocycles. The van der Waals surface area contributed by atoms with Crippen LogP contribution in [0.1, 0.15) is 64.9 Å². The van der Waals surface area contributed by atoms with Crippen molar-refractivity contribution in [2.24, 2.45) is 17.3 Å². The van der Waals surface area contributed by atoms with Gasteiger partial charge in [-0.15, -0.1) is 0 Å². The van der Waals surface area contributed by atoms with E-state index in [2.05, 4.69) is 62.1 Å². The molecule has 4 nitrogen and oxygen atoms in total. The fourth-order valence-electron chi connectivity index (χ4n) is 5.36. The van der Waals surface area contributed by atoms with Crippen LogP contribution in [-0.4, -0.2) is 35.2 Å². The Morgan fingerprint density at radius 1 is 1.03 bits per heavy atom. The van der Waals surface area contributed by atoms with Gasteiger partial charge in [0, 0.05) is 6.54 Å². The molecule has 0 atom stereocenters. The molecule has 1 N–H and O–H groups in total. The monoisotopic (exact) mass is 423 g/mol. The molecular formula is C27H37NO3. The molecule has 2 aliphatic rings. The summed E-state index contributed by atoms with van der Waals surface area (Å²) in [6, 6.07) is 13.0. The summed E-state index contributed by atoms with van der Waals surface area (Å²) >= 11 is 0. The molecule has 0 unspecified atom stereocenters. The van der Waals surface area contributed by atoms with Gasteiger partial charge < -0.3 is 9.84 Å². The number of likely N-dealkylation sites (tertiary alicyclic amines) is 1. The van der Waals surface area contributed by atoms with Gasteiger partial charge in [-0.1, -0.05) is 45.0 Å². The van der Waals surface area contributed by atoms with Gasteiger partial charge in [-0.05, 0) is 91.4 Å². The van der Waals surface area contributed by atoms with Crippen LogP contribution in [0.5, 0.6) is 5.75 Å². The smallest absolute Gasteiger partial charge is 0.306 e. The van der Waals surface area contributed by atoms with E-state index in [9.17, 15) is 9.90 Å². The van der Waals surface area contributed by atoms with Crippen molar-refractivity contribution >= 4 is 16.7 Å². The summed E-state index contributed by atoms with van der Waals surface area (Å²) in [5, 5.41) is 11.7. The number of ether oxygens (including phenoxy) is 1. The van der Waals surface area contributed by atoms with Crippen molar-refractivity contribution in [3.63, 3.8) is 0 Å². The number of carboxylic acid groups (broad SMARTS) is 1. The topological polar surface area (TPSA) is 49.8 Å². The summed E-state index contributed by atoms with van der Waals surface area (Å²) in [6.45, 7) is 9.65. The molecule has 2 aromatic carbocycles. The van der Waals surface area contributed by atoms with Gasteiger partial charge in [0.2, 0.25) is 0 Å².